The third-order valence-electron chi connectivity index (χ3n) is 4.53. The zero-order valence-electron chi connectivity index (χ0n) is 16.7. The van der Waals surface area contributed by atoms with Crippen LogP contribution in [0.1, 0.15) is 29.8 Å². The van der Waals surface area contributed by atoms with Crippen LogP contribution in [-0.2, 0) is 9.59 Å². The van der Waals surface area contributed by atoms with Gasteiger partial charge in [0.2, 0.25) is 11.8 Å². The Morgan fingerprint density at radius 1 is 0.903 bits per heavy atom. The summed E-state index contributed by atoms with van der Waals surface area (Å²) < 4.78 is 0. The van der Waals surface area contributed by atoms with E-state index in [9.17, 15) is 14.4 Å². The van der Waals surface area contributed by atoms with Crippen LogP contribution in [0.2, 0.25) is 0 Å². The van der Waals surface area contributed by atoms with E-state index in [1.54, 1.807) is 42.5 Å². The Labute approximate surface area is 179 Å². The van der Waals surface area contributed by atoms with Crippen molar-refractivity contribution in [2.24, 2.45) is 0 Å². The summed E-state index contributed by atoms with van der Waals surface area (Å²) >= 11 is 0. The number of nitrogens with one attached hydrogen (secondary N) is 2. The first-order valence-electron chi connectivity index (χ1n) is 9.76. The molecule has 3 rings (SSSR count). The molecule has 0 bridgehead atoms. The molecular weight excluding hydrogens is 394 g/mol. The van der Waals surface area contributed by atoms with Gasteiger partial charge in [0.15, 0.2) is 0 Å². The van der Waals surface area contributed by atoms with Gasteiger partial charge < -0.3 is 4.90 Å². The van der Waals surface area contributed by atoms with Gasteiger partial charge in [0.1, 0.15) is 5.69 Å². The first kappa shape index (κ1) is 21.5. The average molecular weight is 415 g/mol. The molecule has 3 amide bonds. The molecular formula is C23H21N5O3. The molecule has 8 nitrogen and oxygen atoms in total. The van der Waals surface area contributed by atoms with E-state index >= 15 is 0 Å². The van der Waals surface area contributed by atoms with Crippen LogP contribution in [0.3, 0.4) is 0 Å². The monoisotopic (exact) mass is 415 g/mol. The number of hydrogen-bond donors (Lipinski definition) is 2. The number of aromatic nitrogens is 1. The number of benzene rings is 2. The van der Waals surface area contributed by atoms with Crippen molar-refractivity contribution in [2.75, 3.05) is 11.4 Å². The van der Waals surface area contributed by atoms with E-state index in [4.69, 9.17) is 5.26 Å². The van der Waals surface area contributed by atoms with Gasteiger partial charge in [-0.1, -0.05) is 42.5 Å². The molecule has 1 heterocycles. The van der Waals surface area contributed by atoms with Crippen molar-refractivity contribution >= 4 is 34.3 Å². The fourth-order valence-corrected chi connectivity index (χ4v) is 2.97. The van der Waals surface area contributed by atoms with Crippen molar-refractivity contribution in [3.8, 4) is 6.07 Å². The van der Waals surface area contributed by atoms with Crippen molar-refractivity contribution in [3.63, 3.8) is 0 Å². The highest BCUT2D eigenvalue weighted by molar-refractivity contribution is 5.97. The number of para-hydroxylation sites is 2. The minimum Gasteiger partial charge on any atom is -0.311 e. The molecule has 0 radical (unpaired) electrons. The van der Waals surface area contributed by atoms with E-state index in [2.05, 4.69) is 15.8 Å². The number of rotatable bonds is 7. The Kier molecular flexibility index (Phi) is 7.27. The highest BCUT2D eigenvalue weighted by Gasteiger charge is 2.17. The molecule has 0 aliphatic carbocycles. The molecule has 156 valence electrons. The van der Waals surface area contributed by atoms with Gasteiger partial charge in [-0.15, -0.1) is 0 Å². The number of nitrogens with zero attached hydrogens (tertiary/aromatic N) is 3. The number of amides is 3. The lowest BCUT2D eigenvalue weighted by Gasteiger charge is -2.21. The summed E-state index contributed by atoms with van der Waals surface area (Å²) in [5.41, 5.74) is 6.12. The number of pyridine rings is 1. The molecule has 0 atom stereocenters. The molecule has 0 fully saturated rings. The fourth-order valence-electron chi connectivity index (χ4n) is 2.97. The second-order valence-corrected chi connectivity index (χ2v) is 6.68. The van der Waals surface area contributed by atoms with E-state index in [0.717, 1.165) is 5.39 Å². The van der Waals surface area contributed by atoms with Crippen LogP contribution in [0.15, 0.2) is 66.7 Å². The third kappa shape index (κ3) is 5.87. The Morgan fingerprint density at radius 3 is 2.42 bits per heavy atom. The molecule has 2 N–H and O–H groups in total. The largest absolute Gasteiger partial charge is 0.311 e. The fraction of sp³-hybridized carbons (Fsp3) is 0.174. The predicted octanol–water partition coefficient (Wildman–Crippen LogP) is 2.72. The summed E-state index contributed by atoms with van der Waals surface area (Å²) in [7, 11) is 0. The molecule has 2 aromatic carbocycles. The van der Waals surface area contributed by atoms with Crippen LogP contribution in [0.5, 0.6) is 0 Å². The van der Waals surface area contributed by atoms with E-state index in [0.29, 0.717) is 11.2 Å². The minimum atomic E-state index is -0.551. The van der Waals surface area contributed by atoms with Crippen molar-refractivity contribution in [1.82, 2.24) is 15.8 Å². The molecule has 31 heavy (non-hydrogen) atoms. The number of hydrazine groups is 1. The maximum Gasteiger partial charge on any atom is 0.288 e. The molecule has 0 aliphatic heterocycles. The van der Waals surface area contributed by atoms with Crippen LogP contribution in [0, 0.1) is 11.3 Å². The Balaban J connectivity index is 1.52. The predicted molar refractivity (Wildman–Crippen MR) is 116 cm³/mol. The summed E-state index contributed by atoms with van der Waals surface area (Å²) in [6.07, 6.45) is 0.0120. The number of nitriles is 1. The number of anilines is 1. The van der Waals surface area contributed by atoms with Crippen molar-refractivity contribution < 1.29 is 14.4 Å². The summed E-state index contributed by atoms with van der Waals surface area (Å²) in [6.45, 7) is 0.241. The first-order valence-corrected chi connectivity index (χ1v) is 9.76. The lowest BCUT2D eigenvalue weighted by atomic mass is 10.2. The number of fused-ring (bicyclic) bond motifs is 1. The lowest BCUT2D eigenvalue weighted by Crippen LogP contribution is -2.42. The van der Waals surface area contributed by atoms with E-state index in [-0.39, 0.29) is 37.4 Å². The Morgan fingerprint density at radius 2 is 1.65 bits per heavy atom. The summed E-state index contributed by atoms with van der Waals surface area (Å²) in [4.78, 5) is 42.7. The molecule has 3 aromatic rings. The van der Waals surface area contributed by atoms with Crippen LogP contribution < -0.4 is 15.8 Å². The zero-order valence-corrected chi connectivity index (χ0v) is 16.7. The molecule has 0 saturated carbocycles. The highest BCUT2D eigenvalue weighted by Crippen LogP contribution is 2.15. The minimum absolute atomic E-state index is 0.0593. The quantitative estimate of drug-likeness (QED) is 0.576. The molecule has 8 heteroatoms. The van der Waals surface area contributed by atoms with Crippen molar-refractivity contribution in [2.45, 2.75) is 19.3 Å². The number of carbonyl (C=O) groups excluding carboxylic acids is 3. The molecule has 0 unspecified atom stereocenters. The van der Waals surface area contributed by atoms with Gasteiger partial charge in [-0.3, -0.25) is 25.2 Å². The van der Waals surface area contributed by atoms with E-state index in [1.807, 2.05) is 30.3 Å². The van der Waals surface area contributed by atoms with Gasteiger partial charge >= 0.3 is 0 Å². The van der Waals surface area contributed by atoms with E-state index in [1.165, 1.54) is 4.90 Å². The molecule has 0 aliphatic rings. The van der Waals surface area contributed by atoms with E-state index < -0.39 is 11.8 Å². The van der Waals surface area contributed by atoms with Crippen molar-refractivity contribution in [1.29, 1.82) is 5.26 Å². The normalized spacial score (nSPS) is 10.2. The van der Waals surface area contributed by atoms with Gasteiger partial charge in [0.25, 0.3) is 5.91 Å². The summed E-state index contributed by atoms with van der Waals surface area (Å²) in [5, 5.41) is 9.74. The van der Waals surface area contributed by atoms with Crippen LogP contribution in [0.25, 0.3) is 10.9 Å². The molecule has 0 saturated heterocycles. The Hall–Kier alpha value is -4.25. The topological polar surface area (TPSA) is 115 Å². The van der Waals surface area contributed by atoms with Crippen LogP contribution in [0.4, 0.5) is 5.69 Å². The second kappa shape index (κ2) is 10.5. The number of carbonyl (C=O) groups is 3. The average Bonchev–Trinajstić information content (AvgIpc) is 2.81. The zero-order chi connectivity index (χ0) is 22.1. The first-order chi connectivity index (χ1) is 15.1. The smallest absolute Gasteiger partial charge is 0.288 e. The summed E-state index contributed by atoms with van der Waals surface area (Å²) in [5.74, 6) is -1.33. The van der Waals surface area contributed by atoms with Gasteiger partial charge in [-0.05, 0) is 24.3 Å². The van der Waals surface area contributed by atoms with Gasteiger partial charge in [-0.25, -0.2) is 4.98 Å². The maximum atomic E-state index is 12.6. The van der Waals surface area contributed by atoms with Gasteiger partial charge in [0, 0.05) is 30.5 Å². The summed E-state index contributed by atoms with van der Waals surface area (Å²) in [6, 6.07) is 21.7. The van der Waals surface area contributed by atoms with Crippen LogP contribution in [-0.4, -0.2) is 29.3 Å². The molecule has 1 aromatic heterocycles. The lowest BCUT2D eigenvalue weighted by molar-refractivity contribution is -0.125. The second-order valence-electron chi connectivity index (χ2n) is 6.68. The van der Waals surface area contributed by atoms with Crippen LogP contribution >= 0.6 is 0 Å². The highest BCUT2D eigenvalue weighted by atomic mass is 16.2. The SMILES string of the molecule is N#CCCN(C(=O)CCC(=O)NNC(=O)c1ccc2ccccc2n1)c1ccccc1. The van der Waals surface area contributed by atoms with Crippen molar-refractivity contribution in [3.05, 3.63) is 72.4 Å². The van der Waals surface area contributed by atoms with Gasteiger partial charge in [0.05, 0.1) is 18.0 Å². The Bertz CT molecular complexity index is 1120. The molecule has 0 spiro atoms. The standard InChI is InChI=1S/C23H21N5O3/c24-15-6-16-28(18-8-2-1-3-9-18)22(30)14-13-21(29)26-27-23(31)20-12-11-17-7-4-5-10-19(17)25-20/h1-5,7-12H,6,13-14,16H2,(H,26,29)(H,27,31). The maximum absolute atomic E-state index is 12.6. The number of hydrogen-bond acceptors (Lipinski definition) is 5. The third-order valence-corrected chi connectivity index (χ3v) is 4.53. The van der Waals surface area contributed by atoms with Gasteiger partial charge in [-0.2, -0.15) is 5.26 Å².